The molecule has 4 rings (SSSR count). The van der Waals surface area contributed by atoms with Crippen molar-refractivity contribution in [3.05, 3.63) is 18.1 Å². The van der Waals surface area contributed by atoms with Crippen LogP contribution < -0.4 is 4.90 Å². The molecule has 136 valence electrons. The van der Waals surface area contributed by atoms with Gasteiger partial charge < -0.3 is 14.5 Å². The molecule has 4 heterocycles. The van der Waals surface area contributed by atoms with E-state index in [1.165, 1.54) is 0 Å². The molecule has 0 aliphatic carbocycles. The molecule has 3 aliphatic heterocycles. The molecule has 0 spiro atoms. The van der Waals surface area contributed by atoms with Crippen molar-refractivity contribution in [3.63, 3.8) is 0 Å². The van der Waals surface area contributed by atoms with Crippen LogP contribution in [0.1, 0.15) is 38.3 Å². The predicted octanol–water partition coefficient (Wildman–Crippen LogP) is 1.92. The first-order chi connectivity index (χ1) is 12.1. The van der Waals surface area contributed by atoms with Crippen LogP contribution in [0.5, 0.6) is 0 Å². The normalized spacial score (nSPS) is 27.2. The zero-order valence-corrected chi connectivity index (χ0v) is 15.2. The molecule has 1 aromatic heterocycles. The van der Waals surface area contributed by atoms with E-state index in [2.05, 4.69) is 39.7 Å². The molecule has 0 radical (unpaired) electrons. The first kappa shape index (κ1) is 16.8. The predicted molar refractivity (Wildman–Crippen MR) is 95.4 cm³/mol. The van der Waals surface area contributed by atoms with Crippen molar-refractivity contribution in [1.82, 2.24) is 14.9 Å². The molecule has 3 fully saturated rings. The maximum Gasteiger partial charge on any atom is 0.225 e. The van der Waals surface area contributed by atoms with Crippen molar-refractivity contribution in [2.24, 2.45) is 17.8 Å². The van der Waals surface area contributed by atoms with Crippen LogP contribution in [0.25, 0.3) is 0 Å². The molecule has 0 bridgehead atoms. The lowest BCUT2D eigenvalue weighted by atomic mass is 9.99. The maximum absolute atomic E-state index is 12.7. The molecule has 0 N–H and O–H groups in total. The third kappa shape index (κ3) is 3.36. The second-order valence-corrected chi connectivity index (χ2v) is 8.01. The average molecular weight is 344 g/mol. The summed E-state index contributed by atoms with van der Waals surface area (Å²) < 4.78 is 5.39. The molecule has 0 saturated carbocycles. The van der Waals surface area contributed by atoms with E-state index in [9.17, 15) is 4.79 Å². The first-order valence-electron chi connectivity index (χ1n) is 9.55. The zero-order valence-electron chi connectivity index (χ0n) is 15.2. The molecule has 6 nitrogen and oxygen atoms in total. The minimum Gasteiger partial charge on any atom is -0.381 e. The van der Waals surface area contributed by atoms with Gasteiger partial charge in [0.2, 0.25) is 5.91 Å². The van der Waals surface area contributed by atoms with Crippen LogP contribution in [-0.2, 0) is 9.53 Å². The van der Waals surface area contributed by atoms with Crippen molar-refractivity contribution in [2.45, 2.75) is 32.6 Å². The van der Waals surface area contributed by atoms with Gasteiger partial charge in [-0.3, -0.25) is 4.79 Å². The molecule has 2 atom stereocenters. The Kier molecular flexibility index (Phi) is 4.63. The van der Waals surface area contributed by atoms with Gasteiger partial charge in [-0.15, -0.1) is 0 Å². The summed E-state index contributed by atoms with van der Waals surface area (Å²) in [6, 6.07) is 2.12. The van der Waals surface area contributed by atoms with Crippen LogP contribution >= 0.6 is 0 Å². The van der Waals surface area contributed by atoms with Crippen molar-refractivity contribution in [3.8, 4) is 0 Å². The van der Waals surface area contributed by atoms with Gasteiger partial charge in [-0.05, 0) is 18.8 Å². The number of anilines is 1. The van der Waals surface area contributed by atoms with E-state index >= 15 is 0 Å². The summed E-state index contributed by atoms with van der Waals surface area (Å²) in [5.74, 6) is 3.13. The van der Waals surface area contributed by atoms with Gasteiger partial charge in [-0.25, -0.2) is 9.97 Å². The zero-order chi connectivity index (χ0) is 17.4. The van der Waals surface area contributed by atoms with E-state index in [1.807, 2.05) is 0 Å². The number of hydrogen-bond acceptors (Lipinski definition) is 5. The number of carbonyl (C=O) groups excluding carboxylic acids is 1. The molecular formula is C19H28N4O2. The Hall–Kier alpha value is -1.69. The van der Waals surface area contributed by atoms with E-state index in [-0.39, 0.29) is 5.92 Å². The number of aromatic nitrogens is 2. The fourth-order valence-corrected chi connectivity index (χ4v) is 4.41. The number of fused-ring (bicyclic) bond motifs is 1. The Labute approximate surface area is 149 Å². The van der Waals surface area contributed by atoms with Crippen LogP contribution in [-0.4, -0.2) is 60.2 Å². The summed E-state index contributed by atoms with van der Waals surface area (Å²) >= 11 is 0. The van der Waals surface area contributed by atoms with Crippen molar-refractivity contribution in [2.75, 3.05) is 44.3 Å². The molecule has 6 heteroatoms. The Morgan fingerprint density at radius 3 is 2.44 bits per heavy atom. The fraction of sp³-hybridized carbons (Fsp3) is 0.737. The van der Waals surface area contributed by atoms with Gasteiger partial charge in [-0.1, -0.05) is 13.8 Å². The highest BCUT2D eigenvalue weighted by Crippen LogP contribution is 2.35. The van der Waals surface area contributed by atoms with Gasteiger partial charge in [0.05, 0.1) is 0 Å². The quantitative estimate of drug-likeness (QED) is 0.838. The molecule has 3 aliphatic rings. The number of hydrogen-bond donors (Lipinski definition) is 0. The number of likely N-dealkylation sites (tertiary alicyclic amines) is 1. The number of nitrogens with zero attached hydrogens (tertiary/aromatic N) is 4. The second-order valence-electron chi connectivity index (χ2n) is 8.01. The largest absolute Gasteiger partial charge is 0.381 e. The molecular weight excluding hydrogens is 316 g/mol. The summed E-state index contributed by atoms with van der Waals surface area (Å²) in [7, 11) is 0. The van der Waals surface area contributed by atoms with E-state index in [4.69, 9.17) is 4.74 Å². The van der Waals surface area contributed by atoms with Crippen LogP contribution in [0, 0.1) is 17.8 Å². The van der Waals surface area contributed by atoms with Crippen LogP contribution in [0.15, 0.2) is 12.4 Å². The summed E-state index contributed by atoms with van der Waals surface area (Å²) in [5.41, 5.74) is 1.10. The standard InChI is InChI=1S/C19H28N4O2/c1-13(2)17-7-18(21-12-20-17)22-8-15-10-23(11-16(15)9-22)19(24)14-3-5-25-6-4-14/h7,12-16H,3-6,8-11H2,1-2H3. The SMILES string of the molecule is CC(C)c1cc(N2CC3CN(C(=O)C4CCOCC4)CC3C2)ncn1. The lowest BCUT2D eigenvalue weighted by Gasteiger charge is -2.28. The van der Waals surface area contributed by atoms with Gasteiger partial charge in [-0.2, -0.15) is 0 Å². The van der Waals surface area contributed by atoms with Gasteiger partial charge in [0, 0.05) is 68.9 Å². The molecule has 3 saturated heterocycles. The highest BCUT2D eigenvalue weighted by molar-refractivity contribution is 5.79. The lowest BCUT2D eigenvalue weighted by Crippen LogP contribution is -2.39. The molecule has 25 heavy (non-hydrogen) atoms. The highest BCUT2D eigenvalue weighted by Gasteiger charge is 2.43. The molecule has 0 aromatic carbocycles. The Morgan fingerprint density at radius 2 is 1.80 bits per heavy atom. The van der Waals surface area contributed by atoms with Crippen LogP contribution in [0.4, 0.5) is 5.82 Å². The summed E-state index contributed by atoms with van der Waals surface area (Å²) in [6.45, 7) is 9.58. The summed E-state index contributed by atoms with van der Waals surface area (Å²) in [5, 5.41) is 0. The van der Waals surface area contributed by atoms with Crippen molar-refractivity contribution < 1.29 is 9.53 Å². The lowest BCUT2D eigenvalue weighted by molar-refractivity contribution is -0.137. The maximum atomic E-state index is 12.7. The number of carbonyl (C=O) groups is 1. The monoisotopic (exact) mass is 344 g/mol. The molecule has 2 unspecified atom stereocenters. The van der Waals surface area contributed by atoms with Crippen molar-refractivity contribution >= 4 is 11.7 Å². The smallest absolute Gasteiger partial charge is 0.225 e. The third-order valence-corrected chi connectivity index (χ3v) is 5.96. The van der Waals surface area contributed by atoms with E-state index < -0.39 is 0 Å². The Bertz CT molecular complexity index is 616. The summed E-state index contributed by atoms with van der Waals surface area (Å²) in [4.78, 5) is 26.1. The first-order valence-corrected chi connectivity index (χ1v) is 9.55. The minimum atomic E-state index is 0.180. The molecule has 1 amide bonds. The van der Waals surface area contributed by atoms with Gasteiger partial charge >= 0.3 is 0 Å². The van der Waals surface area contributed by atoms with E-state index in [0.29, 0.717) is 23.7 Å². The van der Waals surface area contributed by atoms with Crippen LogP contribution in [0.3, 0.4) is 0 Å². The summed E-state index contributed by atoms with van der Waals surface area (Å²) in [6.07, 6.45) is 3.45. The Balaban J connectivity index is 1.37. The number of amides is 1. The van der Waals surface area contributed by atoms with Crippen LogP contribution in [0.2, 0.25) is 0 Å². The minimum absolute atomic E-state index is 0.180. The second kappa shape index (κ2) is 6.90. The van der Waals surface area contributed by atoms with Gasteiger partial charge in [0.1, 0.15) is 12.1 Å². The third-order valence-electron chi connectivity index (χ3n) is 5.96. The Morgan fingerprint density at radius 1 is 1.12 bits per heavy atom. The number of ether oxygens (including phenoxy) is 1. The molecule has 1 aromatic rings. The van der Waals surface area contributed by atoms with Crippen molar-refractivity contribution in [1.29, 1.82) is 0 Å². The number of rotatable bonds is 3. The topological polar surface area (TPSA) is 58.6 Å². The van der Waals surface area contributed by atoms with Gasteiger partial charge in [0.25, 0.3) is 0 Å². The fourth-order valence-electron chi connectivity index (χ4n) is 4.41. The van der Waals surface area contributed by atoms with Gasteiger partial charge in [0.15, 0.2) is 0 Å². The highest BCUT2D eigenvalue weighted by atomic mass is 16.5. The van der Waals surface area contributed by atoms with E-state index in [0.717, 1.165) is 63.7 Å². The van der Waals surface area contributed by atoms with E-state index in [1.54, 1.807) is 6.33 Å². The average Bonchev–Trinajstić information content (AvgIpc) is 3.21.